The van der Waals surface area contributed by atoms with Crippen LogP contribution in [0.15, 0.2) is 61.1 Å². The number of piperazine rings is 1. The lowest BCUT2D eigenvalue weighted by molar-refractivity contribution is 0.242. The minimum Gasteiger partial charge on any atom is -0.340 e. The molecule has 0 unspecified atom stereocenters. The minimum absolute atomic E-state index is 0.169. The van der Waals surface area contributed by atoms with Crippen molar-refractivity contribution in [1.29, 1.82) is 5.26 Å². The summed E-state index contributed by atoms with van der Waals surface area (Å²) in [5.41, 5.74) is 5.16. The Labute approximate surface area is 181 Å². The zero-order chi connectivity index (χ0) is 21.2. The van der Waals surface area contributed by atoms with Crippen LogP contribution in [-0.4, -0.2) is 50.6 Å². The summed E-state index contributed by atoms with van der Waals surface area (Å²) < 4.78 is 2.23. The molecule has 5 rings (SSSR count). The first kappa shape index (κ1) is 19.3. The Balaban J connectivity index is 1.24. The summed E-state index contributed by atoms with van der Waals surface area (Å²) in [6.45, 7) is 6.89. The van der Waals surface area contributed by atoms with E-state index >= 15 is 0 Å². The molecular weight excluding hydrogens is 386 g/mol. The molecule has 1 fully saturated rings. The molecule has 7 heteroatoms. The highest BCUT2D eigenvalue weighted by molar-refractivity contribution is 5.77. The number of nitrogens with one attached hydrogen (secondary N) is 1. The Hall–Kier alpha value is -3.63. The number of rotatable bonds is 5. The SMILES string of the molecule is C[C@H](c1ccc(C#N)cc1)n1cncc1CN1CCN(c2nc3ccccc3[nH]2)CC1. The monoisotopic (exact) mass is 411 g/mol. The van der Waals surface area contributed by atoms with Crippen LogP contribution in [0.25, 0.3) is 11.0 Å². The third kappa shape index (κ3) is 3.90. The molecule has 0 radical (unpaired) electrons. The summed E-state index contributed by atoms with van der Waals surface area (Å²) in [5, 5.41) is 9.03. The molecule has 0 spiro atoms. The van der Waals surface area contributed by atoms with Crippen molar-refractivity contribution in [3.05, 3.63) is 77.9 Å². The maximum Gasteiger partial charge on any atom is 0.203 e. The van der Waals surface area contributed by atoms with Crippen molar-refractivity contribution in [2.24, 2.45) is 0 Å². The smallest absolute Gasteiger partial charge is 0.203 e. The Morgan fingerprint density at radius 3 is 2.58 bits per heavy atom. The van der Waals surface area contributed by atoms with Crippen LogP contribution in [0.1, 0.15) is 29.8 Å². The zero-order valence-corrected chi connectivity index (χ0v) is 17.6. The van der Waals surface area contributed by atoms with Crippen molar-refractivity contribution in [3.63, 3.8) is 0 Å². The summed E-state index contributed by atoms with van der Waals surface area (Å²) in [5.74, 6) is 0.959. The Morgan fingerprint density at radius 1 is 1.06 bits per heavy atom. The highest BCUT2D eigenvalue weighted by Crippen LogP contribution is 2.22. The number of aromatic amines is 1. The first-order valence-corrected chi connectivity index (χ1v) is 10.6. The first-order chi connectivity index (χ1) is 15.2. The van der Waals surface area contributed by atoms with Crippen molar-refractivity contribution in [2.75, 3.05) is 31.1 Å². The number of nitriles is 1. The number of hydrogen-bond acceptors (Lipinski definition) is 5. The molecule has 31 heavy (non-hydrogen) atoms. The van der Waals surface area contributed by atoms with Gasteiger partial charge in [-0.05, 0) is 36.8 Å². The van der Waals surface area contributed by atoms with Gasteiger partial charge in [-0.2, -0.15) is 5.26 Å². The van der Waals surface area contributed by atoms with E-state index < -0.39 is 0 Å². The summed E-state index contributed by atoms with van der Waals surface area (Å²) in [6.07, 6.45) is 3.87. The van der Waals surface area contributed by atoms with E-state index in [1.165, 1.54) is 11.3 Å². The van der Waals surface area contributed by atoms with Gasteiger partial charge in [0.1, 0.15) is 0 Å². The minimum atomic E-state index is 0.169. The van der Waals surface area contributed by atoms with Crippen molar-refractivity contribution < 1.29 is 0 Å². The fourth-order valence-electron chi connectivity index (χ4n) is 4.24. The summed E-state index contributed by atoms with van der Waals surface area (Å²) >= 11 is 0. The van der Waals surface area contributed by atoms with E-state index in [1.807, 2.05) is 55.0 Å². The number of nitrogens with zero attached hydrogens (tertiary/aromatic N) is 6. The number of para-hydroxylation sites is 2. The molecule has 1 aliphatic heterocycles. The van der Waals surface area contributed by atoms with E-state index in [-0.39, 0.29) is 6.04 Å². The van der Waals surface area contributed by atoms with E-state index in [1.54, 1.807) is 0 Å². The molecule has 1 N–H and O–H groups in total. The van der Waals surface area contributed by atoms with Crippen LogP contribution in [0.2, 0.25) is 0 Å². The topological polar surface area (TPSA) is 76.8 Å². The van der Waals surface area contributed by atoms with Crippen LogP contribution in [0.4, 0.5) is 5.95 Å². The average molecular weight is 412 g/mol. The molecule has 1 aliphatic rings. The van der Waals surface area contributed by atoms with E-state index in [4.69, 9.17) is 10.2 Å². The van der Waals surface area contributed by atoms with E-state index in [0.29, 0.717) is 5.56 Å². The van der Waals surface area contributed by atoms with Crippen molar-refractivity contribution in [2.45, 2.75) is 19.5 Å². The van der Waals surface area contributed by atoms with Gasteiger partial charge in [0.05, 0.1) is 40.7 Å². The second kappa shape index (κ2) is 8.25. The summed E-state index contributed by atoms with van der Waals surface area (Å²) in [4.78, 5) is 17.4. The number of H-pyrrole nitrogens is 1. The first-order valence-electron chi connectivity index (χ1n) is 10.6. The molecule has 156 valence electrons. The average Bonchev–Trinajstić information content (AvgIpc) is 3.46. The normalized spacial score (nSPS) is 15.8. The molecule has 2 aromatic carbocycles. The van der Waals surface area contributed by atoms with Crippen LogP contribution in [0.3, 0.4) is 0 Å². The molecule has 0 aliphatic carbocycles. The van der Waals surface area contributed by atoms with Gasteiger partial charge < -0.3 is 14.5 Å². The largest absolute Gasteiger partial charge is 0.340 e. The molecule has 2 aromatic heterocycles. The lowest BCUT2D eigenvalue weighted by Gasteiger charge is -2.34. The van der Waals surface area contributed by atoms with Gasteiger partial charge >= 0.3 is 0 Å². The Kier molecular flexibility index (Phi) is 5.14. The molecule has 0 saturated carbocycles. The van der Waals surface area contributed by atoms with Crippen molar-refractivity contribution >= 4 is 17.0 Å². The number of hydrogen-bond donors (Lipinski definition) is 1. The molecule has 1 saturated heterocycles. The van der Waals surface area contributed by atoms with Crippen molar-refractivity contribution in [3.8, 4) is 6.07 Å². The Morgan fingerprint density at radius 2 is 1.84 bits per heavy atom. The third-order valence-corrected chi connectivity index (χ3v) is 6.12. The van der Waals surface area contributed by atoms with Crippen LogP contribution >= 0.6 is 0 Å². The molecule has 4 aromatic rings. The quantitative estimate of drug-likeness (QED) is 0.543. The number of benzene rings is 2. The van der Waals surface area contributed by atoms with Crippen LogP contribution < -0.4 is 4.90 Å². The predicted octanol–water partition coefficient (Wildman–Crippen LogP) is 3.56. The van der Waals surface area contributed by atoms with Gasteiger partial charge in [-0.1, -0.05) is 24.3 Å². The second-order valence-corrected chi connectivity index (χ2v) is 8.04. The molecule has 1 atom stereocenters. The van der Waals surface area contributed by atoms with Gasteiger partial charge in [0, 0.05) is 38.9 Å². The summed E-state index contributed by atoms with van der Waals surface area (Å²) in [7, 11) is 0. The molecule has 3 heterocycles. The van der Waals surface area contributed by atoms with Gasteiger partial charge in [0.25, 0.3) is 0 Å². The number of anilines is 1. The van der Waals surface area contributed by atoms with Gasteiger partial charge in [0.15, 0.2) is 0 Å². The van der Waals surface area contributed by atoms with Gasteiger partial charge in [0.2, 0.25) is 5.95 Å². The highest BCUT2D eigenvalue weighted by atomic mass is 15.3. The molecule has 7 nitrogen and oxygen atoms in total. The maximum atomic E-state index is 9.03. The highest BCUT2D eigenvalue weighted by Gasteiger charge is 2.21. The van der Waals surface area contributed by atoms with Crippen LogP contribution in [-0.2, 0) is 6.54 Å². The van der Waals surface area contributed by atoms with Gasteiger partial charge in [-0.25, -0.2) is 9.97 Å². The zero-order valence-electron chi connectivity index (χ0n) is 17.6. The molecule has 0 bridgehead atoms. The van der Waals surface area contributed by atoms with Crippen LogP contribution in [0.5, 0.6) is 0 Å². The number of fused-ring (bicyclic) bond motifs is 1. The standard InChI is InChI=1S/C24H25N7/c1-18(20-8-6-19(14-25)7-9-20)31-17-26-15-21(31)16-29-10-12-30(13-11-29)24-27-22-4-2-3-5-23(22)28-24/h2-9,15,17-18H,10-13,16H2,1H3,(H,27,28)/t18-/m1/s1. The van der Waals surface area contributed by atoms with Gasteiger partial charge in [-0.3, -0.25) is 4.90 Å². The van der Waals surface area contributed by atoms with Crippen molar-refractivity contribution in [1.82, 2.24) is 24.4 Å². The lowest BCUT2D eigenvalue weighted by Crippen LogP contribution is -2.46. The van der Waals surface area contributed by atoms with E-state index in [0.717, 1.165) is 49.7 Å². The molecular formula is C24H25N7. The Bertz CT molecular complexity index is 1170. The number of imidazole rings is 2. The maximum absolute atomic E-state index is 9.03. The summed E-state index contributed by atoms with van der Waals surface area (Å²) in [6, 6.07) is 18.3. The molecule has 0 amide bonds. The third-order valence-electron chi connectivity index (χ3n) is 6.12. The van der Waals surface area contributed by atoms with Gasteiger partial charge in [-0.15, -0.1) is 0 Å². The second-order valence-electron chi connectivity index (χ2n) is 8.04. The fourth-order valence-corrected chi connectivity index (χ4v) is 4.24. The fraction of sp³-hybridized carbons (Fsp3) is 0.292. The lowest BCUT2D eigenvalue weighted by atomic mass is 10.1. The number of aromatic nitrogens is 4. The van der Waals surface area contributed by atoms with E-state index in [9.17, 15) is 0 Å². The van der Waals surface area contributed by atoms with E-state index in [2.05, 4.69) is 43.4 Å². The predicted molar refractivity (Wildman–Crippen MR) is 121 cm³/mol. The van der Waals surface area contributed by atoms with Crippen LogP contribution in [0, 0.1) is 11.3 Å².